The van der Waals surface area contributed by atoms with Crippen molar-refractivity contribution in [2.24, 2.45) is 0 Å². The van der Waals surface area contributed by atoms with E-state index in [0.717, 1.165) is 20.3 Å². The molecule has 0 unspecified atom stereocenters. The molecule has 10 nitrogen and oxygen atoms in total. The second kappa shape index (κ2) is 8.73. The molecule has 0 saturated carbocycles. The van der Waals surface area contributed by atoms with Crippen LogP contribution >= 0.6 is 0 Å². The molecule has 0 atom stereocenters. The Labute approximate surface area is 190 Å². The van der Waals surface area contributed by atoms with Crippen molar-refractivity contribution in [3.8, 4) is 11.5 Å². The van der Waals surface area contributed by atoms with Gasteiger partial charge in [0.1, 0.15) is 16.8 Å². The number of halogens is 2. The van der Waals surface area contributed by atoms with E-state index in [-0.39, 0.29) is 39.9 Å². The fourth-order valence-corrected chi connectivity index (χ4v) is 3.30. The Morgan fingerprint density at radius 1 is 1.15 bits per heavy atom. The van der Waals surface area contributed by atoms with E-state index in [0.29, 0.717) is 5.56 Å². The number of anilines is 2. The summed E-state index contributed by atoms with van der Waals surface area (Å²) in [5.74, 6) is -4.72. The monoisotopic (exact) mass is 470 g/mol. The zero-order valence-corrected chi connectivity index (χ0v) is 18.0. The number of fused-ring (bicyclic) bond motifs is 1. The topological polar surface area (TPSA) is 130 Å². The number of nitrogens with one attached hydrogen (secondary N) is 1. The fraction of sp³-hybridized carbons (Fsp3) is 0.136. The van der Waals surface area contributed by atoms with Crippen LogP contribution in [-0.4, -0.2) is 34.9 Å². The summed E-state index contributed by atoms with van der Waals surface area (Å²) in [4.78, 5) is 31.9. The van der Waals surface area contributed by atoms with E-state index in [4.69, 9.17) is 13.9 Å². The number of rotatable bonds is 7. The third-order valence-corrected chi connectivity index (χ3v) is 4.98. The van der Waals surface area contributed by atoms with Crippen molar-refractivity contribution in [3.05, 3.63) is 75.2 Å². The van der Waals surface area contributed by atoms with E-state index < -0.39 is 33.7 Å². The minimum absolute atomic E-state index is 0.00916. The number of hydrogen-bond donors (Lipinski definition) is 1. The quantitative estimate of drug-likeness (QED) is 0.232. The molecule has 0 aliphatic heterocycles. The van der Waals surface area contributed by atoms with Crippen LogP contribution in [0.2, 0.25) is 0 Å². The predicted octanol–water partition coefficient (Wildman–Crippen LogP) is 4.71. The Bertz CT molecular complexity index is 1430. The summed E-state index contributed by atoms with van der Waals surface area (Å²) in [6, 6.07) is 6.71. The molecule has 1 N–H and O–H groups in total. The van der Waals surface area contributed by atoms with E-state index >= 15 is 0 Å². The van der Waals surface area contributed by atoms with Gasteiger partial charge in [0.05, 0.1) is 25.3 Å². The summed E-state index contributed by atoms with van der Waals surface area (Å²) in [5, 5.41) is 14.1. The van der Waals surface area contributed by atoms with Gasteiger partial charge in [-0.2, -0.15) is 0 Å². The Morgan fingerprint density at radius 3 is 2.44 bits per heavy atom. The Kier molecular flexibility index (Phi) is 5.80. The molecular weight excluding hydrogens is 454 g/mol. The first-order valence-corrected chi connectivity index (χ1v) is 9.67. The van der Waals surface area contributed by atoms with Crippen LogP contribution in [0, 0.1) is 28.7 Å². The van der Waals surface area contributed by atoms with Gasteiger partial charge in [-0.1, -0.05) is 12.1 Å². The maximum absolute atomic E-state index is 14.7. The summed E-state index contributed by atoms with van der Waals surface area (Å²) in [6.07, 6.45) is 1.23. The van der Waals surface area contributed by atoms with E-state index in [1.807, 2.05) is 0 Å². The highest BCUT2D eigenvalue weighted by Crippen LogP contribution is 2.34. The van der Waals surface area contributed by atoms with Crippen molar-refractivity contribution in [3.63, 3.8) is 0 Å². The van der Waals surface area contributed by atoms with Gasteiger partial charge in [-0.3, -0.25) is 14.9 Å². The van der Waals surface area contributed by atoms with E-state index in [9.17, 15) is 23.7 Å². The molecule has 2 aromatic heterocycles. The number of hydrogen-bond acceptors (Lipinski definition) is 9. The van der Waals surface area contributed by atoms with Crippen LogP contribution in [0.1, 0.15) is 21.7 Å². The molecule has 2 heterocycles. The first-order valence-electron chi connectivity index (χ1n) is 9.67. The van der Waals surface area contributed by atoms with Crippen molar-refractivity contribution < 1.29 is 32.4 Å². The van der Waals surface area contributed by atoms with Crippen LogP contribution in [0.3, 0.4) is 0 Å². The number of nitro groups is 1. The Balaban J connectivity index is 1.74. The number of carbonyl (C=O) groups excluding carboxylic acids is 1. The molecule has 0 spiro atoms. The van der Waals surface area contributed by atoms with Crippen molar-refractivity contribution >= 4 is 34.2 Å². The van der Waals surface area contributed by atoms with Crippen LogP contribution in [0.25, 0.3) is 11.1 Å². The molecule has 0 fully saturated rings. The Morgan fingerprint density at radius 2 is 1.82 bits per heavy atom. The van der Waals surface area contributed by atoms with Crippen molar-refractivity contribution in [2.45, 2.75) is 6.92 Å². The first-order chi connectivity index (χ1) is 16.2. The third-order valence-electron chi connectivity index (χ3n) is 4.98. The Hall–Kier alpha value is -4.61. The second-order valence-corrected chi connectivity index (χ2v) is 7.02. The van der Waals surface area contributed by atoms with Crippen LogP contribution in [0.5, 0.6) is 11.5 Å². The predicted molar refractivity (Wildman–Crippen MR) is 116 cm³/mol. The van der Waals surface area contributed by atoms with Gasteiger partial charge >= 0.3 is 0 Å². The van der Waals surface area contributed by atoms with Gasteiger partial charge in [0.25, 0.3) is 5.69 Å². The standard InChI is InChI=1S/C22H16F2N4O6/c1-10-5-4-6-12(28(30)31)20(10)27-22-25-9-16-11(26-22)7-15(34-16)21(29)17-18(23)13(32-2)8-14(33-3)19(17)24/h4-9H,1-3H3,(H,25,26,27). The molecule has 2 aromatic carbocycles. The number of ether oxygens (including phenoxy) is 2. The minimum Gasteiger partial charge on any atom is -0.494 e. The van der Waals surface area contributed by atoms with E-state index in [1.54, 1.807) is 19.1 Å². The fourth-order valence-electron chi connectivity index (χ4n) is 3.30. The molecule has 12 heteroatoms. The lowest BCUT2D eigenvalue weighted by Gasteiger charge is -2.10. The zero-order valence-electron chi connectivity index (χ0n) is 18.0. The number of nitro benzene ring substituents is 1. The summed E-state index contributed by atoms with van der Waals surface area (Å²) in [6.45, 7) is 1.67. The maximum Gasteiger partial charge on any atom is 0.293 e. The van der Waals surface area contributed by atoms with Gasteiger partial charge in [-0.25, -0.2) is 18.7 Å². The lowest BCUT2D eigenvalue weighted by Crippen LogP contribution is -2.09. The average molecular weight is 470 g/mol. The SMILES string of the molecule is COc1cc(OC)c(F)c(C(=O)c2cc3nc(Nc4c(C)cccc4[N+](=O)[O-])ncc3o2)c1F. The number of aryl methyl sites for hydroxylation is 1. The third kappa shape index (κ3) is 3.85. The van der Waals surface area contributed by atoms with Gasteiger partial charge in [-0.15, -0.1) is 0 Å². The highest BCUT2D eigenvalue weighted by atomic mass is 19.1. The number of nitrogens with zero attached hydrogens (tertiary/aromatic N) is 3. The van der Waals surface area contributed by atoms with E-state index in [1.165, 1.54) is 18.3 Å². The van der Waals surface area contributed by atoms with Gasteiger partial charge in [0.2, 0.25) is 11.7 Å². The molecule has 0 amide bonds. The van der Waals surface area contributed by atoms with Gasteiger partial charge in [-0.05, 0) is 12.5 Å². The van der Waals surface area contributed by atoms with Gasteiger partial charge in [0.15, 0.2) is 34.5 Å². The number of methoxy groups -OCH3 is 2. The summed E-state index contributed by atoms with van der Waals surface area (Å²) < 4.78 is 44.5. The molecule has 0 saturated heterocycles. The average Bonchev–Trinajstić information content (AvgIpc) is 3.24. The van der Waals surface area contributed by atoms with Crippen LogP contribution < -0.4 is 14.8 Å². The lowest BCUT2D eigenvalue weighted by atomic mass is 10.1. The molecule has 34 heavy (non-hydrogen) atoms. The number of furan rings is 1. The number of carbonyl (C=O) groups is 1. The van der Waals surface area contributed by atoms with Crippen LogP contribution in [0.4, 0.5) is 26.1 Å². The number of para-hydroxylation sites is 1. The maximum atomic E-state index is 14.7. The number of aromatic nitrogens is 2. The van der Waals surface area contributed by atoms with Crippen LogP contribution in [0.15, 0.2) is 40.9 Å². The molecule has 0 bridgehead atoms. The molecular formula is C22H16F2N4O6. The molecule has 4 aromatic rings. The van der Waals surface area contributed by atoms with Crippen molar-refractivity contribution in [1.29, 1.82) is 0 Å². The normalized spacial score (nSPS) is 10.9. The lowest BCUT2D eigenvalue weighted by molar-refractivity contribution is -0.384. The smallest absolute Gasteiger partial charge is 0.293 e. The zero-order chi connectivity index (χ0) is 24.6. The van der Waals surface area contributed by atoms with Crippen LogP contribution in [-0.2, 0) is 0 Å². The summed E-state index contributed by atoms with van der Waals surface area (Å²) in [7, 11) is 2.32. The van der Waals surface area contributed by atoms with E-state index in [2.05, 4.69) is 15.3 Å². The highest BCUT2D eigenvalue weighted by molar-refractivity contribution is 6.09. The second-order valence-electron chi connectivity index (χ2n) is 7.02. The summed E-state index contributed by atoms with van der Waals surface area (Å²) >= 11 is 0. The van der Waals surface area contributed by atoms with Gasteiger partial charge in [0, 0.05) is 18.2 Å². The molecule has 0 radical (unpaired) electrons. The van der Waals surface area contributed by atoms with Crippen molar-refractivity contribution in [2.75, 3.05) is 19.5 Å². The largest absolute Gasteiger partial charge is 0.494 e. The number of benzene rings is 2. The molecule has 174 valence electrons. The molecule has 0 aliphatic carbocycles. The van der Waals surface area contributed by atoms with Crippen molar-refractivity contribution in [1.82, 2.24) is 9.97 Å². The summed E-state index contributed by atoms with van der Waals surface area (Å²) in [5.41, 5.74) is -0.128. The molecule has 0 aliphatic rings. The highest BCUT2D eigenvalue weighted by Gasteiger charge is 2.29. The number of ketones is 1. The minimum atomic E-state index is -1.22. The van der Waals surface area contributed by atoms with Gasteiger partial charge < -0.3 is 19.2 Å². The molecule has 4 rings (SSSR count). The first kappa shape index (κ1) is 22.6.